The van der Waals surface area contributed by atoms with E-state index in [1.165, 1.54) is 31.4 Å². The normalized spacial score (nSPS) is 12.3. The molecule has 0 atom stereocenters. The smallest absolute Gasteiger partial charge is 0.294 e. The molecule has 0 saturated carbocycles. The molecule has 0 radical (unpaired) electrons. The van der Waals surface area contributed by atoms with E-state index in [4.69, 9.17) is 4.74 Å². The summed E-state index contributed by atoms with van der Waals surface area (Å²) in [5, 5.41) is 15.0. The predicted molar refractivity (Wildman–Crippen MR) is 115 cm³/mol. The number of amides is 3. The van der Waals surface area contributed by atoms with Crippen molar-refractivity contribution in [2.24, 2.45) is 0 Å². The van der Waals surface area contributed by atoms with Crippen LogP contribution in [0.1, 0.15) is 31.1 Å². The van der Waals surface area contributed by atoms with Gasteiger partial charge in [0.05, 0.1) is 23.2 Å². The third-order valence-electron chi connectivity index (χ3n) is 4.83. The number of hydrogen-bond acceptors (Lipinski definition) is 7. The number of nitro groups is 1. The van der Waals surface area contributed by atoms with Crippen molar-refractivity contribution in [1.29, 1.82) is 0 Å². The minimum atomic E-state index is -0.704. The summed E-state index contributed by atoms with van der Waals surface area (Å²) in [4.78, 5) is 48.5. The number of nitrogens with one attached hydrogen (secondary N) is 2. The maximum atomic E-state index is 12.5. The van der Waals surface area contributed by atoms with Gasteiger partial charge in [0.25, 0.3) is 23.4 Å². The van der Waals surface area contributed by atoms with Crippen molar-refractivity contribution in [3.63, 3.8) is 0 Å². The molecule has 0 fully saturated rings. The van der Waals surface area contributed by atoms with Gasteiger partial charge in [0.1, 0.15) is 11.4 Å². The van der Waals surface area contributed by atoms with Gasteiger partial charge in [-0.05, 0) is 48.5 Å². The third-order valence-corrected chi connectivity index (χ3v) is 4.83. The zero-order valence-electron chi connectivity index (χ0n) is 16.7. The average molecular weight is 432 g/mol. The number of fused-ring (bicyclic) bond motifs is 1. The number of hydrogen-bond donors (Lipinski definition) is 2. The Morgan fingerprint density at radius 3 is 2.16 bits per heavy atom. The van der Waals surface area contributed by atoms with Gasteiger partial charge in [0.15, 0.2) is 0 Å². The number of rotatable bonds is 6. The summed E-state index contributed by atoms with van der Waals surface area (Å²) in [6.07, 6.45) is 0. The highest BCUT2D eigenvalue weighted by Gasteiger charge is 2.36. The summed E-state index contributed by atoms with van der Waals surface area (Å²) in [6, 6.07) is 16.5. The zero-order chi connectivity index (χ0) is 22.8. The number of imide groups is 1. The lowest BCUT2D eigenvalue weighted by atomic mass is 10.1. The van der Waals surface area contributed by atoms with Gasteiger partial charge in [-0.25, -0.2) is 0 Å². The number of nitro benzene ring substituents is 1. The number of nitrogens with zero attached hydrogens (tertiary/aromatic N) is 2. The first-order valence-electron chi connectivity index (χ1n) is 9.37. The highest BCUT2D eigenvalue weighted by molar-refractivity contribution is 6.22. The van der Waals surface area contributed by atoms with Gasteiger partial charge in [0.2, 0.25) is 0 Å². The van der Waals surface area contributed by atoms with Crippen LogP contribution in [0.15, 0.2) is 66.7 Å². The second kappa shape index (κ2) is 8.19. The summed E-state index contributed by atoms with van der Waals surface area (Å²) in [6.45, 7) is 0. The molecule has 1 aliphatic rings. The van der Waals surface area contributed by atoms with Crippen molar-refractivity contribution in [3.05, 3.63) is 93.5 Å². The number of methoxy groups -OCH3 is 1. The van der Waals surface area contributed by atoms with Gasteiger partial charge in [-0.2, -0.15) is 5.01 Å². The topological polar surface area (TPSA) is 131 Å². The van der Waals surface area contributed by atoms with Crippen LogP contribution in [-0.2, 0) is 0 Å². The van der Waals surface area contributed by atoms with E-state index in [0.717, 1.165) is 6.07 Å². The molecule has 2 N–H and O–H groups in total. The average Bonchev–Trinajstić information content (AvgIpc) is 3.04. The summed E-state index contributed by atoms with van der Waals surface area (Å²) in [5.41, 5.74) is 2.84. The van der Waals surface area contributed by atoms with E-state index in [9.17, 15) is 24.5 Å². The first-order valence-corrected chi connectivity index (χ1v) is 9.37. The Morgan fingerprint density at radius 2 is 1.59 bits per heavy atom. The van der Waals surface area contributed by atoms with Gasteiger partial charge in [0, 0.05) is 17.3 Å². The molecule has 3 amide bonds. The van der Waals surface area contributed by atoms with Crippen LogP contribution in [0.25, 0.3) is 0 Å². The summed E-state index contributed by atoms with van der Waals surface area (Å²) >= 11 is 0. The van der Waals surface area contributed by atoms with Gasteiger partial charge < -0.3 is 10.1 Å². The molecule has 0 saturated heterocycles. The largest absolute Gasteiger partial charge is 0.497 e. The molecule has 10 heteroatoms. The molecule has 1 heterocycles. The maximum Gasteiger partial charge on any atom is 0.294 e. The highest BCUT2D eigenvalue weighted by atomic mass is 16.6. The molecule has 0 aromatic heterocycles. The van der Waals surface area contributed by atoms with Crippen molar-refractivity contribution in [2.75, 3.05) is 17.9 Å². The standard InChI is InChI=1S/C22H16N4O6/c1-32-15-9-7-14(8-10-15)23-20(27)13-6-11-18(19(12-13)26(30)31)24-25-21(28)16-4-2-3-5-17(16)22(25)29/h2-12,24H,1H3,(H,23,27). The van der Waals surface area contributed by atoms with Crippen LogP contribution >= 0.6 is 0 Å². The van der Waals surface area contributed by atoms with Crippen LogP contribution in [0.4, 0.5) is 17.1 Å². The van der Waals surface area contributed by atoms with E-state index in [2.05, 4.69) is 10.7 Å². The van der Waals surface area contributed by atoms with Gasteiger partial charge in [-0.15, -0.1) is 0 Å². The number of carbonyl (C=O) groups excluding carboxylic acids is 3. The molecule has 32 heavy (non-hydrogen) atoms. The van der Waals surface area contributed by atoms with E-state index in [-0.39, 0.29) is 22.4 Å². The molecule has 0 aliphatic carbocycles. The lowest BCUT2D eigenvalue weighted by Crippen LogP contribution is -2.35. The lowest BCUT2D eigenvalue weighted by Gasteiger charge is -2.16. The number of ether oxygens (including phenoxy) is 1. The van der Waals surface area contributed by atoms with Gasteiger partial charge >= 0.3 is 0 Å². The number of hydrazine groups is 1. The van der Waals surface area contributed by atoms with E-state index in [0.29, 0.717) is 16.4 Å². The molecule has 1 aliphatic heterocycles. The Balaban J connectivity index is 1.57. The molecule has 4 rings (SSSR count). The minimum Gasteiger partial charge on any atom is -0.497 e. The molecular formula is C22H16N4O6. The Bertz CT molecular complexity index is 1220. The zero-order valence-corrected chi connectivity index (χ0v) is 16.7. The fraction of sp³-hybridized carbons (Fsp3) is 0.0455. The summed E-state index contributed by atoms with van der Waals surface area (Å²) in [7, 11) is 1.52. The number of anilines is 2. The van der Waals surface area contributed by atoms with E-state index < -0.39 is 28.3 Å². The Kier molecular flexibility index (Phi) is 5.25. The minimum absolute atomic E-state index is 0.0282. The van der Waals surface area contributed by atoms with Crippen LogP contribution in [0, 0.1) is 10.1 Å². The van der Waals surface area contributed by atoms with Crippen LogP contribution < -0.4 is 15.5 Å². The molecule has 3 aromatic rings. The SMILES string of the molecule is COc1ccc(NC(=O)c2ccc(NN3C(=O)c4ccccc4C3=O)c([N+](=O)[O-])c2)cc1. The second-order valence-electron chi connectivity index (χ2n) is 6.77. The third kappa shape index (κ3) is 3.72. The Morgan fingerprint density at radius 1 is 0.969 bits per heavy atom. The predicted octanol–water partition coefficient (Wildman–Crippen LogP) is 3.48. The molecule has 160 valence electrons. The fourth-order valence-corrected chi connectivity index (χ4v) is 3.21. The second-order valence-corrected chi connectivity index (χ2v) is 6.77. The Labute approximate surface area is 181 Å². The van der Waals surface area contributed by atoms with Crippen molar-refractivity contribution in [3.8, 4) is 5.75 Å². The van der Waals surface area contributed by atoms with E-state index in [1.54, 1.807) is 36.4 Å². The van der Waals surface area contributed by atoms with Gasteiger partial charge in [-0.1, -0.05) is 12.1 Å². The highest BCUT2D eigenvalue weighted by Crippen LogP contribution is 2.30. The first-order chi connectivity index (χ1) is 15.4. The number of benzene rings is 3. The molecule has 0 unspecified atom stereocenters. The molecule has 0 bridgehead atoms. The van der Waals surface area contributed by atoms with Crippen LogP contribution in [0.3, 0.4) is 0 Å². The van der Waals surface area contributed by atoms with Gasteiger partial charge in [-0.3, -0.25) is 29.9 Å². The molecule has 0 spiro atoms. The quantitative estimate of drug-likeness (QED) is 0.346. The first kappa shape index (κ1) is 20.5. The molecular weight excluding hydrogens is 416 g/mol. The van der Waals surface area contributed by atoms with Crippen molar-refractivity contribution < 1.29 is 24.0 Å². The van der Waals surface area contributed by atoms with Crippen LogP contribution in [-0.4, -0.2) is 34.8 Å². The van der Waals surface area contributed by atoms with Crippen LogP contribution in [0.5, 0.6) is 5.75 Å². The summed E-state index contributed by atoms with van der Waals surface area (Å²) in [5.74, 6) is -1.20. The maximum absolute atomic E-state index is 12.5. The summed E-state index contributed by atoms with van der Waals surface area (Å²) < 4.78 is 5.06. The van der Waals surface area contributed by atoms with Crippen molar-refractivity contribution in [1.82, 2.24) is 5.01 Å². The monoisotopic (exact) mass is 432 g/mol. The molecule has 3 aromatic carbocycles. The fourth-order valence-electron chi connectivity index (χ4n) is 3.21. The Hall–Kier alpha value is -4.73. The number of carbonyl (C=O) groups is 3. The van der Waals surface area contributed by atoms with E-state index >= 15 is 0 Å². The van der Waals surface area contributed by atoms with Crippen LogP contribution in [0.2, 0.25) is 0 Å². The van der Waals surface area contributed by atoms with Crippen molar-refractivity contribution in [2.45, 2.75) is 0 Å². The van der Waals surface area contributed by atoms with E-state index in [1.807, 2.05) is 0 Å². The molecule has 10 nitrogen and oxygen atoms in total. The lowest BCUT2D eigenvalue weighted by molar-refractivity contribution is -0.384. The van der Waals surface area contributed by atoms with Crippen molar-refractivity contribution >= 4 is 34.8 Å².